The molecule has 3 aromatic rings. The van der Waals surface area contributed by atoms with Gasteiger partial charge in [0.05, 0.1) is 17.4 Å². The number of aryl methyl sites for hydroxylation is 2. The van der Waals surface area contributed by atoms with E-state index in [0.29, 0.717) is 5.75 Å². The molecule has 168 valence electrons. The second-order valence-electron chi connectivity index (χ2n) is 6.81. The number of amides is 2. The van der Waals surface area contributed by atoms with E-state index in [1.165, 1.54) is 16.9 Å². The van der Waals surface area contributed by atoms with Gasteiger partial charge in [-0.2, -0.15) is 9.67 Å². The Morgan fingerprint density at radius 2 is 2.00 bits per heavy atom. The van der Waals surface area contributed by atoms with Crippen LogP contribution < -0.4 is 15.4 Å². The summed E-state index contributed by atoms with van der Waals surface area (Å²) < 4.78 is 11.6. The van der Waals surface area contributed by atoms with Crippen molar-refractivity contribution in [1.29, 1.82) is 0 Å². The first-order valence-electron chi connectivity index (χ1n) is 9.57. The van der Waals surface area contributed by atoms with Crippen LogP contribution in [0.5, 0.6) is 5.75 Å². The second kappa shape index (κ2) is 10.1. The zero-order valence-corrected chi connectivity index (χ0v) is 17.4. The maximum Gasteiger partial charge on any atom is 0.389 e. The molecule has 2 aromatic heterocycles. The molecule has 1 aromatic carbocycles. The van der Waals surface area contributed by atoms with Gasteiger partial charge < -0.3 is 30.0 Å². The van der Waals surface area contributed by atoms with Crippen LogP contribution in [0, 0.1) is 24.0 Å². The number of hydrogen-bond donors (Lipinski definition) is 2. The smallest absolute Gasteiger partial charge is 0.389 e. The minimum Gasteiger partial charge on any atom is -0.484 e. The molecule has 0 atom stereocenters. The maximum absolute atomic E-state index is 12.1. The van der Waals surface area contributed by atoms with Gasteiger partial charge in [0.15, 0.2) is 12.4 Å². The number of ether oxygens (including phenoxy) is 1. The van der Waals surface area contributed by atoms with Crippen molar-refractivity contribution in [3.8, 4) is 5.75 Å². The molecule has 32 heavy (non-hydrogen) atoms. The van der Waals surface area contributed by atoms with Crippen molar-refractivity contribution in [3.63, 3.8) is 0 Å². The molecule has 0 bridgehead atoms. The lowest BCUT2D eigenvalue weighted by molar-refractivity contribution is -0.389. The molecule has 0 unspecified atom stereocenters. The van der Waals surface area contributed by atoms with Crippen LogP contribution in [-0.4, -0.2) is 56.4 Å². The number of nitrogens with one attached hydrogen (secondary N) is 2. The van der Waals surface area contributed by atoms with Gasteiger partial charge in [0, 0.05) is 13.1 Å². The number of nitrogens with zero attached hydrogens (tertiary/aromatic N) is 5. The van der Waals surface area contributed by atoms with E-state index in [4.69, 9.17) is 9.26 Å². The minimum absolute atomic E-state index is 0.00113. The summed E-state index contributed by atoms with van der Waals surface area (Å²) in [6.07, 6.45) is 1.39. The Labute approximate surface area is 181 Å². The molecule has 13 nitrogen and oxygen atoms in total. The Hall–Kier alpha value is -4.29. The summed E-state index contributed by atoms with van der Waals surface area (Å²) in [7, 11) is 0. The third kappa shape index (κ3) is 6.10. The molecule has 0 radical (unpaired) electrons. The van der Waals surface area contributed by atoms with Gasteiger partial charge in [-0.05, 0) is 30.4 Å². The normalized spacial score (nSPS) is 10.6. The largest absolute Gasteiger partial charge is 0.484 e. The number of carbonyl (C=O) groups excluding carboxylic acids is 2. The Kier molecular flexibility index (Phi) is 7.10. The lowest BCUT2D eigenvalue weighted by Crippen LogP contribution is -2.36. The molecule has 0 fully saturated rings. The Balaban J connectivity index is 1.37. The number of carbonyl (C=O) groups is 2. The first kappa shape index (κ1) is 22.4. The van der Waals surface area contributed by atoms with E-state index in [2.05, 4.69) is 25.9 Å². The van der Waals surface area contributed by atoms with E-state index >= 15 is 0 Å². The molecular formula is C19H21N7O6. The fourth-order valence-corrected chi connectivity index (χ4v) is 2.70. The lowest BCUT2D eigenvalue weighted by atomic mass is 10.1. The zero-order chi connectivity index (χ0) is 23.1. The molecular weight excluding hydrogens is 422 g/mol. The molecule has 0 aliphatic rings. The Morgan fingerprint density at radius 1 is 1.22 bits per heavy atom. The summed E-state index contributed by atoms with van der Waals surface area (Å²) in [5.74, 6) is -0.761. The van der Waals surface area contributed by atoms with Gasteiger partial charge in [0.25, 0.3) is 5.91 Å². The number of hydrogen-bond acceptors (Lipinski definition) is 9. The fourth-order valence-electron chi connectivity index (χ4n) is 2.70. The van der Waals surface area contributed by atoms with Gasteiger partial charge in [0.1, 0.15) is 12.3 Å². The average Bonchev–Trinajstić information content (AvgIpc) is 3.41. The van der Waals surface area contributed by atoms with Gasteiger partial charge in [-0.3, -0.25) is 9.59 Å². The standard InChI is InChI=1S/C19H21N7O6/c1-12-3-4-14(13(2)9-12)31-11-17(27)20-6-7-21-18(28)19-22-15(24-32-19)10-25-8-5-16(23-25)26(29)30/h3-5,8-9H,6-7,10-11H2,1-2H3,(H,20,27)(H,21,28). The third-order valence-corrected chi connectivity index (χ3v) is 4.20. The predicted octanol–water partition coefficient (Wildman–Crippen LogP) is 0.764. The molecule has 13 heteroatoms. The van der Waals surface area contributed by atoms with Crippen LogP contribution in [0.2, 0.25) is 0 Å². The van der Waals surface area contributed by atoms with Crippen molar-refractivity contribution in [2.75, 3.05) is 19.7 Å². The van der Waals surface area contributed by atoms with Crippen LogP contribution in [0.15, 0.2) is 35.0 Å². The van der Waals surface area contributed by atoms with Crippen molar-refractivity contribution >= 4 is 17.6 Å². The number of benzene rings is 1. The van der Waals surface area contributed by atoms with Gasteiger partial charge in [0.2, 0.25) is 0 Å². The highest BCUT2D eigenvalue weighted by atomic mass is 16.6. The van der Waals surface area contributed by atoms with Crippen LogP contribution in [-0.2, 0) is 11.3 Å². The molecule has 3 rings (SSSR count). The summed E-state index contributed by atoms with van der Waals surface area (Å²) in [5, 5.41) is 23.2. The van der Waals surface area contributed by atoms with Crippen molar-refractivity contribution in [1.82, 2.24) is 30.6 Å². The van der Waals surface area contributed by atoms with Crippen LogP contribution in [0.25, 0.3) is 0 Å². The minimum atomic E-state index is -0.625. The fraction of sp³-hybridized carbons (Fsp3) is 0.316. The monoisotopic (exact) mass is 443 g/mol. The zero-order valence-electron chi connectivity index (χ0n) is 17.4. The molecule has 2 heterocycles. The van der Waals surface area contributed by atoms with E-state index in [0.717, 1.165) is 11.1 Å². The second-order valence-corrected chi connectivity index (χ2v) is 6.81. The number of nitro groups is 1. The summed E-state index contributed by atoms with van der Waals surface area (Å²) in [6.45, 7) is 4.05. The highest BCUT2D eigenvalue weighted by Gasteiger charge is 2.17. The summed E-state index contributed by atoms with van der Waals surface area (Å²) in [6, 6.07) is 6.90. The number of rotatable bonds is 10. The molecule has 2 amide bonds. The average molecular weight is 443 g/mol. The molecule has 2 N–H and O–H groups in total. The van der Waals surface area contributed by atoms with Crippen molar-refractivity contribution in [2.45, 2.75) is 20.4 Å². The molecule has 0 spiro atoms. The van der Waals surface area contributed by atoms with Gasteiger partial charge in [-0.25, -0.2) is 0 Å². The Bertz CT molecular complexity index is 1120. The predicted molar refractivity (Wildman–Crippen MR) is 109 cm³/mol. The van der Waals surface area contributed by atoms with E-state index < -0.39 is 10.8 Å². The SMILES string of the molecule is Cc1ccc(OCC(=O)NCCNC(=O)c2nc(Cn3ccc([N+](=O)[O-])n3)no2)c(C)c1. The van der Waals surface area contributed by atoms with Crippen molar-refractivity contribution in [2.24, 2.45) is 0 Å². The maximum atomic E-state index is 12.1. The lowest BCUT2D eigenvalue weighted by Gasteiger charge is -2.10. The van der Waals surface area contributed by atoms with E-state index in [-0.39, 0.29) is 49.7 Å². The highest BCUT2D eigenvalue weighted by Crippen LogP contribution is 2.18. The highest BCUT2D eigenvalue weighted by molar-refractivity contribution is 5.89. The van der Waals surface area contributed by atoms with Gasteiger partial charge in [-0.15, -0.1) is 0 Å². The first-order valence-corrected chi connectivity index (χ1v) is 9.57. The van der Waals surface area contributed by atoms with Crippen molar-refractivity contribution in [3.05, 3.63) is 63.4 Å². The van der Waals surface area contributed by atoms with Crippen molar-refractivity contribution < 1.29 is 23.8 Å². The van der Waals surface area contributed by atoms with E-state index in [1.54, 1.807) is 0 Å². The third-order valence-electron chi connectivity index (χ3n) is 4.20. The van der Waals surface area contributed by atoms with E-state index in [9.17, 15) is 19.7 Å². The number of aromatic nitrogens is 4. The van der Waals surface area contributed by atoms with E-state index in [1.807, 2.05) is 32.0 Å². The topological polar surface area (TPSA) is 167 Å². The van der Waals surface area contributed by atoms with Crippen LogP contribution in [0.3, 0.4) is 0 Å². The summed E-state index contributed by atoms with van der Waals surface area (Å²) >= 11 is 0. The van der Waals surface area contributed by atoms with Gasteiger partial charge >= 0.3 is 17.6 Å². The molecule has 0 aliphatic heterocycles. The first-order chi connectivity index (χ1) is 15.3. The summed E-state index contributed by atoms with van der Waals surface area (Å²) in [4.78, 5) is 37.9. The Morgan fingerprint density at radius 3 is 2.72 bits per heavy atom. The van der Waals surface area contributed by atoms with Crippen LogP contribution in [0.1, 0.15) is 27.6 Å². The van der Waals surface area contributed by atoms with Crippen LogP contribution >= 0.6 is 0 Å². The van der Waals surface area contributed by atoms with Gasteiger partial charge in [-0.1, -0.05) is 22.9 Å². The molecule has 0 aliphatic carbocycles. The molecule has 0 saturated carbocycles. The quantitative estimate of drug-likeness (QED) is 0.261. The molecule has 0 saturated heterocycles. The summed E-state index contributed by atoms with van der Waals surface area (Å²) in [5.41, 5.74) is 2.04. The van der Waals surface area contributed by atoms with Crippen LogP contribution in [0.4, 0.5) is 5.82 Å².